The number of carbonyl (C=O) groups excluding carboxylic acids is 2. The van der Waals surface area contributed by atoms with E-state index >= 15 is 0 Å². The number of nitrogens with zero attached hydrogens (tertiary/aromatic N) is 1. The van der Waals surface area contributed by atoms with Gasteiger partial charge in [0.05, 0.1) is 16.8 Å². The van der Waals surface area contributed by atoms with Crippen LogP contribution < -0.4 is 5.32 Å². The van der Waals surface area contributed by atoms with E-state index in [4.69, 9.17) is 10.00 Å². The summed E-state index contributed by atoms with van der Waals surface area (Å²) in [5.41, 5.74) is 0.120. The number of nitriles is 1. The average molecular weight is 388 g/mol. The minimum absolute atomic E-state index is 0.261. The SMILES string of the molecule is C[C@H](OC(=O)/C=C/c1ccc(C(F)(F)F)cc1)C(=O)Nc1ccccc1C#N. The number of benzene rings is 2. The van der Waals surface area contributed by atoms with E-state index in [1.54, 1.807) is 12.1 Å². The Kier molecular flexibility index (Phi) is 6.55. The highest BCUT2D eigenvalue weighted by atomic mass is 19.4. The van der Waals surface area contributed by atoms with E-state index < -0.39 is 29.7 Å². The average Bonchev–Trinajstić information content (AvgIpc) is 2.66. The predicted molar refractivity (Wildman–Crippen MR) is 95.8 cm³/mol. The number of alkyl halides is 3. The first-order valence-corrected chi connectivity index (χ1v) is 8.06. The second-order valence-electron chi connectivity index (χ2n) is 5.68. The topological polar surface area (TPSA) is 79.2 Å². The molecule has 1 N–H and O–H groups in total. The van der Waals surface area contributed by atoms with Crippen molar-refractivity contribution in [1.29, 1.82) is 5.26 Å². The molecule has 0 unspecified atom stereocenters. The van der Waals surface area contributed by atoms with Crippen LogP contribution in [0.5, 0.6) is 0 Å². The van der Waals surface area contributed by atoms with Gasteiger partial charge in [-0.2, -0.15) is 18.4 Å². The Bertz CT molecular complexity index is 929. The van der Waals surface area contributed by atoms with E-state index in [0.717, 1.165) is 18.2 Å². The first-order valence-electron chi connectivity index (χ1n) is 8.06. The summed E-state index contributed by atoms with van der Waals surface area (Å²) in [6.45, 7) is 1.36. The molecule has 0 fully saturated rings. The number of esters is 1. The molecule has 0 aliphatic carbocycles. The Hall–Kier alpha value is -3.60. The van der Waals surface area contributed by atoms with Crippen molar-refractivity contribution >= 4 is 23.6 Å². The molecule has 0 bridgehead atoms. The van der Waals surface area contributed by atoms with E-state index in [1.165, 1.54) is 37.3 Å². The normalized spacial score (nSPS) is 12.2. The molecule has 0 spiro atoms. The second-order valence-corrected chi connectivity index (χ2v) is 5.68. The number of amides is 1. The van der Waals surface area contributed by atoms with Crippen molar-refractivity contribution in [3.8, 4) is 6.07 Å². The number of anilines is 1. The summed E-state index contributed by atoms with van der Waals surface area (Å²) >= 11 is 0. The predicted octanol–water partition coefficient (Wildman–Crippen LogP) is 4.16. The number of ether oxygens (including phenoxy) is 1. The number of rotatable bonds is 5. The maximum atomic E-state index is 12.5. The molecule has 0 saturated heterocycles. The highest BCUT2D eigenvalue weighted by Gasteiger charge is 2.29. The van der Waals surface area contributed by atoms with E-state index in [-0.39, 0.29) is 11.3 Å². The van der Waals surface area contributed by atoms with Crippen LogP contribution >= 0.6 is 0 Å². The Labute approximate surface area is 159 Å². The molecule has 2 aromatic rings. The summed E-state index contributed by atoms with van der Waals surface area (Å²) < 4.78 is 42.5. The monoisotopic (exact) mass is 388 g/mol. The Morgan fingerprint density at radius 2 is 1.79 bits per heavy atom. The van der Waals surface area contributed by atoms with Gasteiger partial charge in [-0.05, 0) is 42.8 Å². The number of para-hydroxylation sites is 1. The smallest absolute Gasteiger partial charge is 0.416 e. The fraction of sp³-hybridized carbons (Fsp3) is 0.150. The zero-order valence-corrected chi connectivity index (χ0v) is 14.7. The van der Waals surface area contributed by atoms with Gasteiger partial charge >= 0.3 is 12.1 Å². The van der Waals surface area contributed by atoms with E-state index in [9.17, 15) is 22.8 Å². The highest BCUT2D eigenvalue weighted by molar-refractivity contribution is 5.97. The molecule has 1 amide bonds. The van der Waals surface area contributed by atoms with Crippen LogP contribution in [0.4, 0.5) is 18.9 Å². The maximum absolute atomic E-state index is 12.5. The molecule has 0 heterocycles. The third-order valence-electron chi connectivity index (χ3n) is 3.62. The fourth-order valence-electron chi connectivity index (χ4n) is 2.14. The van der Waals surface area contributed by atoms with Crippen molar-refractivity contribution in [3.05, 3.63) is 71.3 Å². The van der Waals surface area contributed by atoms with E-state index in [0.29, 0.717) is 5.56 Å². The van der Waals surface area contributed by atoms with Gasteiger partial charge in [0.25, 0.3) is 5.91 Å². The second kappa shape index (κ2) is 8.86. The molecule has 0 aromatic heterocycles. The summed E-state index contributed by atoms with van der Waals surface area (Å²) in [5, 5.41) is 11.5. The third kappa shape index (κ3) is 5.71. The lowest BCUT2D eigenvalue weighted by Gasteiger charge is -2.13. The van der Waals surface area contributed by atoms with Gasteiger partial charge in [-0.1, -0.05) is 24.3 Å². The van der Waals surface area contributed by atoms with Crippen molar-refractivity contribution < 1.29 is 27.5 Å². The molecule has 5 nitrogen and oxygen atoms in total. The van der Waals surface area contributed by atoms with Gasteiger partial charge in [0.1, 0.15) is 6.07 Å². The third-order valence-corrected chi connectivity index (χ3v) is 3.62. The van der Waals surface area contributed by atoms with Gasteiger partial charge in [0, 0.05) is 6.08 Å². The molecule has 8 heteroatoms. The number of carbonyl (C=O) groups is 2. The Morgan fingerprint density at radius 1 is 1.14 bits per heavy atom. The summed E-state index contributed by atoms with van der Waals surface area (Å²) in [4.78, 5) is 23.9. The van der Waals surface area contributed by atoms with Crippen molar-refractivity contribution in [2.45, 2.75) is 19.2 Å². The van der Waals surface area contributed by atoms with Crippen LogP contribution in [0.3, 0.4) is 0 Å². The van der Waals surface area contributed by atoms with Crippen molar-refractivity contribution in [1.82, 2.24) is 0 Å². The van der Waals surface area contributed by atoms with E-state index in [1.807, 2.05) is 6.07 Å². The summed E-state index contributed by atoms with van der Waals surface area (Å²) in [6, 6.07) is 12.5. The van der Waals surface area contributed by atoms with Crippen molar-refractivity contribution in [3.63, 3.8) is 0 Å². The first-order chi connectivity index (χ1) is 13.2. The van der Waals surface area contributed by atoms with Crippen molar-refractivity contribution in [2.75, 3.05) is 5.32 Å². The number of nitrogens with one attached hydrogen (secondary N) is 1. The van der Waals surface area contributed by atoms with Gasteiger partial charge in [-0.3, -0.25) is 4.79 Å². The van der Waals surface area contributed by atoms with Crippen LogP contribution in [-0.2, 0) is 20.5 Å². The van der Waals surface area contributed by atoms with Crippen LogP contribution in [0.15, 0.2) is 54.6 Å². The van der Waals surface area contributed by atoms with Crippen LogP contribution in [0.25, 0.3) is 6.08 Å². The van der Waals surface area contributed by atoms with Crippen LogP contribution in [0.2, 0.25) is 0 Å². The molecule has 2 rings (SSSR count). The standard InChI is InChI=1S/C20H15F3N2O3/c1-13(19(27)25-17-5-3-2-4-15(17)12-24)28-18(26)11-8-14-6-9-16(10-7-14)20(21,22)23/h2-11,13H,1H3,(H,25,27)/b11-8+/t13-/m0/s1. The molecule has 0 aliphatic rings. The molecule has 28 heavy (non-hydrogen) atoms. The Morgan fingerprint density at radius 3 is 2.39 bits per heavy atom. The van der Waals surface area contributed by atoms with Gasteiger partial charge in [0.15, 0.2) is 6.10 Å². The number of halogens is 3. The minimum atomic E-state index is -4.44. The largest absolute Gasteiger partial charge is 0.449 e. The molecule has 2 aromatic carbocycles. The molecule has 0 aliphatic heterocycles. The number of hydrogen-bond donors (Lipinski definition) is 1. The zero-order chi connectivity index (χ0) is 20.7. The zero-order valence-electron chi connectivity index (χ0n) is 14.7. The van der Waals surface area contributed by atoms with Crippen LogP contribution in [0, 0.1) is 11.3 Å². The molecule has 144 valence electrons. The molecule has 0 radical (unpaired) electrons. The van der Waals surface area contributed by atoms with Crippen LogP contribution in [0.1, 0.15) is 23.6 Å². The maximum Gasteiger partial charge on any atom is 0.416 e. The summed E-state index contributed by atoms with van der Waals surface area (Å²) in [5.74, 6) is -1.46. The quantitative estimate of drug-likeness (QED) is 0.616. The lowest BCUT2D eigenvalue weighted by atomic mass is 10.1. The molecular formula is C20H15F3N2O3. The molecule has 0 saturated carbocycles. The van der Waals surface area contributed by atoms with Crippen molar-refractivity contribution in [2.24, 2.45) is 0 Å². The minimum Gasteiger partial charge on any atom is -0.449 e. The lowest BCUT2D eigenvalue weighted by Crippen LogP contribution is -2.29. The van der Waals surface area contributed by atoms with E-state index in [2.05, 4.69) is 5.32 Å². The van der Waals surface area contributed by atoms with Gasteiger partial charge < -0.3 is 10.1 Å². The van der Waals surface area contributed by atoms with Gasteiger partial charge in [0.2, 0.25) is 0 Å². The van der Waals surface area contributed by atoms with Gasteiger partial charge in [-0.15, -0.1) is 0 Å². The molecular weight excluding hydrogens is 373 g/mol. The summed E-state index contributed by atoms with van der Waals surface area (Å²) in [7, 11) is 0. The van der Waals surface area contributed by atoms with Gasteiger partial charge in [-0.25, -0.2) is 4.79 Å². The first kappa shape index (κ1) is 20.7. The van der Waals surface area contributed by atoms with Crippen LogP contribution in [-0.4, -0.2) is 18.0 Å². The number of hydrogen-bond acceptors (Lipinski definition) is 4. The fourth-order valence-corrected chi connectivity index (χ4v) is 2.14. The Balaban J connectivity index is 1.94. The highest BCUT2D eigenvalue weighted by Crippen LogP contribution is 2.29. The molecule has 1 atom stereocenters. The lowest BCUT2D eigenvalue weighted by molar-refractivity contribution is -0.148. The summed E-state index contributed by atoms with van der Waals surface area (Å²) in [6.07, 6.45) is -3.29.